The van der Waals surface area contributed by atoms with Gasteiger partial charge >= 0.3 is 0 Å². The van der Waals surface area contributed by atoms with E-state index in [0.717, 1.165) is 23.4 Å². The van der Waals surface area contributed by atoms with E-state index in [4.69, 9.17) is 0 Å². The van der Waals surface area contributed by atoms with Crippen LogP contribution in [0.25, 0.3) is 0 Å². The van der Waals surface area contributed by atoms with Crippen LogP contribution in [0.1, 0.15) is 18.5 Å². The van der Waals surface area contributed by atoms with Crippen molar-refractivity contribution in [1.29, 1.82) is 0 Å². The van der Waals surface area contributed by atoms with Gasteiger partial charge in [0.25, 0.3) is 5.69 Å². The van der Waals surface area contributed by atoms with Crippen molar-refractivity contribution in [2.75, 3.05) is 36.4 Å². The molecule has 1 unspecified atom stereocenters. The molecule has 1 aliphatic heterocycles. The number of nitrogens with zero attached hydrogens (tertiary/aromatic N) is 3. The predicted molar refractivity (Wildman–Crippen MR) is 129 cm³/mol. The molecule has 0 aliphatic carbocycles. The number of nitro benzene ring substituents is 1. The summed E-state index contributed by atoms with van der Waals surface area (Å²) in [4.78, 5) is 13.2. The third-order valence-corrected chi connectivity index (χ3v) is 7.82. The zero-order valence-electron chi connectivity index (χ0n) is 18.6. The van der Waals surface area contributed by atoms with Gasteiger partial charge < -0.3 is 10.2 Å². The highest BCUT2D eigenvalue weighted by molar-refractivity contribution is 7.89. The van der Waals surface area contributed by atoms with Gasteiger partial charge in [0.1, 0.15) is 11.5 Å². The molecule has 1 heterocycles. The summed E-state index contributed by atoms with van der Waals surface area (Å²) in [5.74, 6) is -0.493. The summed E-state index contributed by atoms with van der Waals surface area (Å²) in [5.41, 5.74) is 2.15. The molecule has 0 spiro atoms. The molecule has 1 fully saturated rings. The van der Waals surface area contributed by atoms with Crippen molar-refractivity contribution in [2.24, 2.45) is 0 Å². The van der Waals surface area contributed by atoms with Crippen LogP contribution in [-0.2, 0) is 10.0 Å². The maximum atomic E-state index is 13.2. The van der Waals surface area contributed by atoms with Gasteiger partial charge in [0.05, 0.1) is 9.82 Å². The summed E-state index contributed by atoms with van der Waals surface area (Å²) in [7, 11) is -3.72. The molecule has 0 aromatic heterocycles. The Morgan fingerprint density at radius 2 is 1.62 bits per heavy atom. The average molecular weight is 485 g/mol. The van der Waals surface area contributed by atoms with Gasteiger partial charge in [-0.25, -0.2) is 12.8 Å². The molecule has 4 rings (SSSR count). The first-order valence-corrected chi connectivity index (χ1v) is 12.3. The molecule has 1 aliphatic rings. The molecule has 0 radical (unpaired) electrons. The van der Waals surface area contributed by atoms with Crippen LogP contribution in [0.5, 0.6) is 0 Å². The van der Waals surface area contributed by atoms with Crippen molar-refractivity contribution in [3.05, 3.63) is 94.3 Å². The number of anilines is 2. The van der Waals surface area contributed by atoms with Crippen molar-refractivity contribution in [3.63, 3.8) is 0 Å². The van der Waals surface area contributed by atoms with E-state index >= 15 is 0 Å². The van der Waals surface area contributed by atoms with E-state index in [2.05, 4.69) is 5.32 Å². The quantitative estimate of drug-likeness (QED) is 0.394. The molecule has 0 saturated carbocycles. The summed E-state index contributed by atoms with van der Waals surface area (Å²) in [6.45, 7) is 3.28. The van der Waals surface area contributed by atoms with E-state index < -0.39 is 20.8 Å². The van der Waals surface area contributed by atoms with Crippen LogP contribution in [0.2, 0.25) is 0 Å². The molecule has 3 aromatic carbocycles. The lowest BCUT2D eigenvalue weighted by atomic mass is 10.1. The van der Waals surface area contributed by atoms with Gasteiger partial charge in [-0.2, -0.15) is 4.31 Å². The Labute approximate surface area is 197 Å². The van der Waals surface area contributed by atoms with Gasteiger partial charge in [0.15, 0.2) is 0 Å². The van der Waals surface area contributed by atoms with Gasteiger partial charge in [-0.3, -0.25) is 10.1 Å². The maximum Gasteiger partial charge on any atom is 0.292 e. The average Bonchev–Trinajstić information content (AvgIpc) is 2.84. The summed E-state index contributed by atoms with van der Waals surface area (Å²) in [6.07, 6.45) is 0. The van der Waals surface area contributed by atoms with Gasteiger partial charge in [-0.05, 0) is 48.9 Å². The molecule has 34 heavy (non-hydrogen) atoms. The Morgan fingerprint density at radius 3 is 2.24 bits per heavy atom. The molecule has 1 saturated heterocycles. The van der Waals surface area contributed by atoms with Gasteiger partial charge in [0.2, 0.25) is 10.0 Å². The van der Waals surface area contributed by atoms with Crippen molar-refractivity contribution in [2.45, 2.75) is 17.9 Å². The van der Waals surface area contributed by atoms with E-state index in [0.29, 0.717) is 18.8 Å². The number of sulfonamides is 1. The van der Waals surface area contributed by atoms with Crippen LogP contribution >= 0.6 is 0 Å². The highest BCUT2D eigenvalue weighted by Crippen LogP contribution is 2.33. The monoisotopic (exact) mass is 484 g/mol. The second kappa shape index (κ2) is 9.78. The lowest BCUT2D eigenvalue weighted by Gasteiger charge is -2.35. The predicted octanol–water partition coefficient (Wildman–Crippen LogP) is 4.42. The lowest BCUT2D eigenvalue weighted by Crippen LogP contribution is -2.48. The highest BCUT2D eigenvalue weighted by atomic mass is 32.2. The van der Waals surface area contributed by atoms with Crippen LogP contribution in [0.4, 0.5) is 21.5 Å². The summed E-state index contributed by atoms with van der Waals surface area (Å²) < 4.78 is 40.3. The van der Waals surface area contributed by atoms with E-state index in [-0.39, 0.29) is 29.7 Å². The Bertz CT molecular complexity index is 1260. The summed E-state index contributed by atoms with van der Waals surface area (Å²) >= 11 is 0. The minimum Gasteiger partial charge on any atom is -0.373 e. The Morgan fingerprint density at radius 1 is 0.971 bits per heavy atom. The fraction of sp³-hybridized carbons (Fsp3) is 0.250. The number of nitro groups is 1. The number of benzene rings is 3. The minimum atomic E-state index is -3.72. The zero-order valence-corrected chi connectivity index (χ0v) is 19.4. The van der Waals surface area contributed by atoms with Crippen molar-refractivity contribution >= 4 is 27.1 Å². The summed E-state index contributed by atoms with van der Waals surface area (Å²) in [6, 6.07) is 19.2. The molecule has 0 amide bonds. The molecular formula is C24H25FN4O4S. The first-order chi connectivity index (χ1) is 16.3. The fourth-order valence-corrected chi connectivity index (χ4v) is 5.42. The topological polar surface area (TPSA) is 95.8 Å². The van der Waals surface area contributed by atoms with Crippen LogP contribution < -0.4 is 10.2 Å². The fourth-order valence-electron chi connectivity index (χ4n) is 4.00. The SMILES string of the molecule is CC(Nc1cc(N2CCN(S(=O)(=O)c3ccc(F)cc3)CC2)ccc1[N+](=O)[O-])c1ccccc1. The lowest BCUT2D eigenvalue weighted by molar-refractivity contribution is -0.384. The number of nitrogens with one attached hydrogen (secondary N) is 1. The maximum absolute atomic E-state index is 13.2. The van der Waals surface area contributed by atoms with E-state index in [1.807, 2.05) is 42.2 Å². The zero-order chi connectivity index (χ0) is 24.3. The molecule has 3 aromatic rings. The largest absolute Gasteiger partial charge is 0.373 e. The van der Waals surface area contributed by atoms with E-state index in [1.54, 1.807) is 12.1 Å². The van der Waals surface area contributed by atoms with Crippen molar-refractivity contribution < 1.29 is 17.7 Å². The van der Waals surface area contributed by atoms with Crippen LogP contribution in [0, 0.1) is 15.9 Å². The standard InChI is InChI=1S/C24H25FN4O4S/c1-18(19-5-3-2-4-6-19)26-23-17-21(9-12-24(23)29(30)31)27-13-15-28(16-14-27)34(32,33)22-10-7-20(25)8-11-22/h2-12,17-18,26H,13-16H2,1H3. The van der Waals surface area contributed by atoms with Crippen LogP contribution in [0.15, 0.2) is 77.7 Å². The normalized spacial score (nSPS) is 15.6. The molecular weight excluding hydrogens is 459 g/mol. The first kappa shape index (κ1) is 23.7. The Hall–Kier alpha value is -3.50. The highest BCUT2D eigenvalue weighted by Gasteiger charge is 2.29. The number of piperazine rings is 1. The van der Waals surface area contributed by atoms with E-state index in [9.17, 15) is 22.9 Å². The van der Waals surface area contributed by atoms with Crippen molar-refractivity contribution in [3.8, 4) is 0 Å². The third-order valence-electron chi connectivity index (χ3n) is 5.90. The number of hydrogen-bond acceptors (Lipinski definition) is 6. The minimum absolute atomic E-state index is 0.0240. The number of hydrogen-bond donors (Lipinski definition) is 1. The second-order valence-corrected chi connectivity index (χ2v) is 10.0. The van der Waals surface area contributed by atoms with Crippen LogP contribution in [0.3, 0.4) is 0 Å². The number of rotatable bonds is 7. The molecule has 1 atom stereocenters. The summed E-state index contributed by atoms with van der Waals surface area (Å²) in [5, 5.41) is 14.8. The molecule has 1 N–H and O–H groups in total. The van der Waals surface area contributed by atoms with E-state index in [1.165, 1.54) is 22.5 Å². The molecule has 8 nitrogen and oxygen atoms in total. The van der Waals surface area contributed by atoms with Gasteiger partial charge in [-0.1, -0.05) is 30.3 Å². The van der Waals surface area contributed by atoms with Gasteiger partial charge in [-0.15, -0.1) is 0 Å². The first-order valence-electron chi connectivity index (χ1n) is 10.9. The van der Waals surface area contributed by atoms with Crippen LogP contribution in [-0.4, -0.2) is 43.8 Å². The Kier molecular flexibility index (Phi) is 6.80. The van der Waals surface area contributed by atoms with Crippen molar-refractivity contribution in [1.82, 2.24) is 4.31 Å². The second-order valence-electron chi connectivity index (χ2n) is 8.08. The van der Waals surface area contributed by atoms with Gasteiger partial charge in [0, 0.05) is 44.0 Å². The molecule has 0 bridgehead atoms. The molecule has 10 heteroatoms. The third kappa shape index (κ3) is 5.02. The molecule has 178 valence electrons. The Balaban J connectivity index is 1.50. The smallest absolute Gasteiger partial charge is 0.292 e. The number of halogens is 1.